The van der Waals surface area contributed by atoms with Crippen molar-refractivity contribution >= 4 is 27.9 Å². The zero-order chi connectivity index (χ0) is 14.7. The molecule has 1 aliphatic heterocycles. The Morgan fingerprint density at radius 3 is 2.52 bits per heavy atom. The number of nitrogens with two attached hydrogens (primary N) is 1. The van der Waals surface area contributed by atoms with Crippen molar-refractivity contribution in [2.24, 2.45) is 0 Å². The van der Waals surface area contributed by atoms with E-state index < -0.39 is 0 Å². The molecule has 2 aliphatic rings. The van der Waals surface area contributed by atoms with E-state index in [0.29, 0.717) is 6.54 Å². The van der Waals surface area contributed by atoms with Crippen LogP contribution in [0.5, 0.6) is 0 Å². The van der Waals surface area contributed by atoms with Gasteiger partial charge < -0.3 is 11.1 Å². The monoisotopic (exact) mass is 307 g/mol. The third-order valence-corrected chi connectivity index (χ3v) is 5.75. The lowest BCUT2D eigenvalue weighted by molar-refractivity contribution is -0.117. The highest BCUT2D eigenvalue weighted by molar-refractivity contribution is 7.17. The summed E-state index contributed by atoms with van der Waals surface area (Å²) < 4.78 is 0. The van der Waals surface area contributed by atoms with Crippen LogP contribution < -0.4 is 11.1 Å². The fourth-order valence-corrected chi connectivity index (χ4v) is 4.57. The van der Waals surface area contributed by atoms with Gasteiger partial charge in [-0.15, -0.1) is 11.3 Å². The minimum atomic E-state index is 0.0854. The molecule has 1 aromatic rings. The van der Waals surface area contributed by atoms with E-state index in [1.807, 2.05) is 0 Å². The number of nitrogens with zero attached hydrogens (tertiary/aromatic N) is 1. The fraction of sp³-hybridized carbons (Fsp3) is 0.688. The molecule has 0 bridgehead atoms. The number of likely N-dealkylation sites (tertiary alicyclic amines) is 1. The molecule has 5 heteroatoms. The quantitative estimate of drug-likeness (QED) is 0.902. The van der Waals surface area contributed by atoms with Gasteiger partial charge >= 0.3 is 0 Å². The summed E-state index contributed by atoms with van der Waals surface area (Å²) in [4.78, 5) is 15.9. The minimum absolute atomic E-state index is 0.0854. The summed E-state index contributed by atoms with van der Waals surface area (Å²) in [7, 11) is 0. The van der Waals surface area contributed by atoms with E-state index in [1.54, 1.807) is 11.3 Å². The molecule has 0 aromatic carbocycles. The van der Waals surface area contributed by atoms with Crippen LogP contribution in [0.2, 0.25) is 0 Å². The molecule has 3 rings (SSSR count). The van der Waals surface area contributed by atoms with Crippen molar-refractivity contribution in [1.29, 1.82) is 0 Å². The summed E-state index contributed by atoms with van der Waals surface area (Å²) in [6.45, 7) is 2.59. The summed E-state index contributed by atoms with van der Waals surface area (Å²) in [5.41, 5.74) is 8.32. The number of fused-ring (bicyclic) bond motifs is 1. The number of amides is 1. The molecule has 21 heavy (non-hydrogen) atoms. The number of nitrogens with one attached hydrogen (secondary N) is 1. The van der Waals surface area contributed by atoms with Crippen molar-refractivity contribution in [3.63, 3.8) is 0 Å². The predicted octanol–water partition coefficient (Wildman–Crippen LogP) is 3.02. The first-order valence-electron chi connectivity index (χ1n) is 8.16. The number of carbonyl (C=O) groups excluding carboxylic acids is 1. The van der Waals surface area contributed by atoms with Gasteiger partial charge in [0.15, 0.2) is 0 Å². The van der Waals surface area contributed by atoms with Crippen molar-refractivity contribution in [1.82, 2.24) is 4.90 Å². The molecule has 4 nitrogen and oxygen atoms in total. The second kappa shape index (κ2) is 6.79. The van der Waals surface area contributed by atoms with E-state index in [0.717, 1.165) is 36.6 Å². The Kier molecular flexibility index (Phi) is 4.80. The Hall–Kier alpha value is -1.07. The zero-order valence-electron chi connectivity index (χ0n) is 12.6. The zero-order valence-corrected chi connectivity index (χ0v) is 13.4. The van der Waals surface area contributed by atoms with Crippen molar-refractivity contribution in [2.75, 3.05) is 30.7 Å². The van der Waals surface area contributed by atoms with E-state index in [2.05, 4.69) is 10.2 Å². The van der Waals surface area contributed by atoms with Crippen molar-refractivity contribution in [3.05, 3.63) is 10.4 Å². The van der Waals surface area contributed by atoms with Gasteiger partial charge in [0.2, 0.25) is 5.91 Å². The third kappa shape index (κ3) is 3.58. The third-order valence-electron chi connectivity index (χ3n) is 4.53. The van der Waals surface area contributed by atoms with E-state index in [9.17, 15) is 4.79 Å². The molecule has 1 aromatic heterocycles. The lowest BCUT2D eigenvalue weighted by Gasteiger charge is -2.18. The number of thiophene rings is 1. The molecule has 1 saturated heterocycles. The molecule has 0 unspecified atom stereocenters. The Bertz CT molecular complexity index is 504. The maximum atomic E-state index is 12.3. The average molecular weight is 307 g/mol. The van der Waals surface area contributed by atoms with Crippen LogP contribution >= 0.6 is 11.3 Å². The van der Waals surface area contributed by atoms with Gasteiger partial charge in [0.25, 0.3) is 0 Å². The molecule has 0 atom stereocenters. The maximum Gasteiger partial charge on any atom is 0.239 e. The smallest absolute Gasteiger partial charge is 0.239 e. The van der Waals surface area contributed by atoms with Crippen LogP contribution in [0.1, 0.15) is 49.0 Å². The first-order chi connectivity index (χ1) is 10.2. The summed E-state index contributed by atoms with van der Waals surface area (Å²) in [5, 5.41) is 3.92. The first-order valence-corrected chi connectivity index (χ1v) is 8.98. The van der Waals surface area contributed by atoms with Crippen LogP contribution in [0.25, 0.3) is 0 Å². The van der Waals surface area contributed by atoms with Gasteiger partial charge in [0.05, 0.1) is 12.2 Å². The lowest BCUT2D eigenvalue weighted by Crippen LogP contribution is -2.33. The van der Waals surface area contributed by atoms with Gasteiger partial charge in [0, 0.05) is 4.88 Å². The summed E-state index contributed by atoms with van der Waals surface area (Å²) in [6.07, 6.45) is 9.66. The van der Waals surface area contributed by atoms with Crippen LogP contribution in [-0.2, 0) is 17.6 Å². The Morgan fingerprint density at radius 1 is 1.10 bits per heavy atom. The normalized spacial score (nSPS) is 19.8. The van der Waals surface area contributed by atoms with Crippen LogP contribution in [-0.4, -0.2) is 30.4 Å². The summed E-state index contributed by atoms with van der Waals surface area (Å²) in [6, 6.07) is 0. The minimum Gasteiger partial charge on any atom is -0.396 e. The molecule has 116 valence electrons. The van der Waals surface area contributed by atoms with Crippen LogP contribution in [0.15, 0.2) is 0 Å². The largest absolute Gasteiger partial charge is 0.396 e. The Morgan fingerprint density at radius 2 is 1.81 bits per heavy atom. The van der Waals surface area contributed by atoms with Gasteiger partial charge in [-0.05, 0) is 57.2 Å². The number of carbonyl (C=O) groups is 1. The fourth-order valence-electron chi connectivity index (χ4n) is 3.35. The van der Waals surface area contributed by atoms with Crippen molar-refractivity contribution in [3.8, 4) is 0 Å². The van der Waals surface area contributed by atoms with E-state index in [4.69, 9.17) is 5.73 Å². The molecule has 0 spiro atoms. The number of hydrogen-bond donors (Lipinski definition) is 2. The van der Waals surface area contributed by atoms with E-state index in [1.165, 1.54) is 49.0 Å². The second-order valence-electron chi connectivity index (χ2n) is 6.19. The van der Waals surface area contributed by atoms with Gasteiger partial charge in [0.1, 0.15) is 5.00 Å². The number of nitrogen functional groups attached to an aromatic ring is 1. The highest BCUT2D eigenvalue weighted by atomic mass is 32.1. The lowest BCUT2D eigenvalue weighted by atomic mass is 9.98. The predicted molar refractivity (Wildman–Crippen MR) is 88.9 cm³/mol. The van der Waals surface area contributed by atoms with E-state index >= 15 is 0 Å². The molecular weight excluding hydrogens is 282 g/mol. The number of aryl methyl sites for hydroxylation is 1. The van der Waals surface area contributed by atoms with Crippen LogP contribution in [0.3, 0.4) is 0 Å². The second-order valence-corrected chi connectivity index (χ2v) is 7.30. The molecular formula is C16H25N3OS. The molecule has 0 radical (unpaired) electrons. The molecule has 1 fully saturated rings. The summed E-state index contributed by atoms with van der Waals surface area (Å²) in [5.74, 6) is 0.0854. The van der Waals surface area contributed by atoms with Crippen molar-refractivity contribution in [2.45, 2.75) is 51.4 Å². The summed E-state index contributed by atoms with van der Waals surface area (Å²) >= 11 is 1.68. The van der Waals surface area contributed by atoms with Gasteiger partial charge in [-0.1, -0.05) is 12.8 Å². The average Bonchev–Trinajstić information content (AvgIpc) is 2.67. The van der Waals surface area contributed by atoms with Crippen LogP contribution in [0.4, 0.5) is 10.7 Å². The SMILES string of the molecule is Nc1c(NC(=O)CN2CCCCCC2)sc2c1CCCC2. The molecule has 3 N–H and O–H groups in total. The Balaban J connectivity index is 1.60. The standard InChI is InChI=1S/C16H25N3OS/c17-15-12-7-3-4-8-13(12)21-16(15)18-14(20)11-19-9-5-1-2-6-10-19/h1-11,17H2,(H,18,20). The van der Waals surface area contributed by atoms with Gasteiger partial charge in [-0.3, -0.25) is 9.69 Å². The number of hydrogen-bond acceptors (Lipinski definition) is 4. The van der Waals surface area contributed by atoms with Crippen molar-refractivity contribution < 1.29 is 4.79 Å². The Labute approximate surface area is 130 Å². The highest BCUT2D eigenvalue weighted by Crippen LogP contribution is 2.40. The number of anilines is 2. The van der Waals surface area contributed by atoms with Crippen LogP contribution in [0, 0.1) is 0 Å². The highest BCUT2D eigenvalue weighted by Gasteiger charge is 2.20. The maximum absolute atomic E-state index is 12.3. The topological polar surface area (TPSA) is 58.4 Å². The van der Waals surface area contributed by atoms with E-state index in [-0.39, 0.29) is 5.91 Å². The number of rotatable bonds is 3. The first kappa shape index (κ1) is 14.9. The molecule has 0 saturated carbocycles. The molecule has 1 aliphatic carbocycles. The molecule has 1 amide bonds. The van der Waals surface area contributed by atoms with Gasteiger partial charge in [-0.2, -0.15) is 0 Å². The van der Waals surface area contributed by atoms with Gasteiger partial charge in [-0.25, -0.2) is 0 Å². The molecule has 2 heterocycles.